The third-order valence-electron chi connectivity index (χ3n) is 3.14. The number of aliphatic hydroxyl groups is 1. The maximum Gasteiger partial charge on any atom is 0.192 e. The second-order valence-electron chi connectivity index (χ2n) is 6.03. The van der Waals surface area contributed by atoms with Gasteiger partial charge >= 0.3 is 0 Å². The zero-order chi connectivity index (χ0) is 14.0. The maximum atomic E-state index is 9.30. The van der Waals surface area contributed by atoms with Crippen molar-refractivity contribution in [1.29, 1.82) is 0 Å². The first-order chi connectivity index (χ1) is 8.89. The highest BCUT2D eigenvalue weighted by atomic mass is 16.3. The third kappa shape index (κ3) is 3.55. The Balaban J connectivity index is 2.08. The molecule has 19 heavy (non-hydrogen) atoms. The molecule has 0 atom stereocenters. The lowest BCUT2D eigenvalue weighted by Crippen LogP contribution is -2.33. The molecule has 0 saturated carbocycles. The number of benzene rings is 1. The van der Waals surface area contributed by atoms with Gasteiger partial charge in [-0.25, -0.2) is 4.98 Å². The Morgan fingerprint density at radius 2 is 2.11 bits per heavy atom. The summed E-state index contributed by atoms with van der Waals surface area (Å²) in [4.78, 5) is 6.56. The molecule has 0 unspecified atom stereocenters. The number of rotatable bonds is 5. The summed E-state index contributed by atoms with van der Waals surface area (Å²) in [6.07, 6.45) is 0. The van der Waals surface area contributed by atoms with Crippen LogP contribution in [0.25, 0.3) is 11.1 Å². The van der Waals surface area contributed by atoms with Crippen molar-refractivity contribution >= 4 is 11.1 Å². The van der Waals surface area contributed by atoms with Gasteiger partial charge in [-0.3, -0.25) is 0 Å². The van der Waals surface area contributed by atoms with E-state index in [-0.39, 0.29) is 12.0 Å². The number of aryl methyl sites for hydroxylation is 1. The van der Waals surface area contributed by atoms with Crippen LogP contribution in [-0.4, -0.2) is 35.2 Å². The monoisotopic (exact) mass is 262 g/mol. The minimum absolute atomic E-state index is 0.0800. The van der Waals surface area contributed by atoms with Crippen molar-refractivity contribution in [3.63, 3.8) is 0 Å². The second kappa shape index (κ2) is 5.31. The molecule has 1 heterocycles. The van der Waals surface area contributed by atoms with Crippen LogP contribution in [0, 0.1) is 12.3 Å². The van der Waals surface area contributed by atoms with Gasteiger partial charge in [-0.05, 0) is 24.7 Å². The third-order valence-corrected chi connectivity index (χ3v) is 3.14. The lowest BCUT2D eigenvalue weighted by Gasteiger charge is -2.28. The van der Waals surface area contributed by atoms with E-state index in [1.165, 1.54) is 5.56 Å². The zero-order valence-electron chi connectivity index (χ0n) is 12.1. The summed E-state index contributed by atoms with van der Waals surface area (Å²) in [5.41, 5.74) is 2.87. The summed E-state index contributed by atoms with van der Waals surface area (Å²) in [5, 5.41) is 9.30. The molecule has 0 amide bonds. The molecule has 2 rings (SSSR count). The van der Waals surface area contributed by atoms with Crippen molar-refractivity contribution in [1.82, 2.24) is 9.88 Å². The maximum absolute atomic E-state index is 9.30. The molecule has 4 heteroatoms. The van der Waals surface area contributed by atoms with Gasteiger partial charge in [0, 0.05) is 32.0 Å². The smallest absolute Gasteiger partial charge is 0.192 e. The Morgan fingerprint density at radius 1 is 1.37 bits per heavy atom. The molecule has 0 saturated heterocycles. The van der Waals surface area contributed by atoms with E-state index in [0.29, 0.717) is 5.89 Å². The average Bonchev–Trinajstić information content (AvgIpc) is 2.67. The van der Waals surface area contributed by atoms with Crippen molar-refractivity contribution in [2.75, 3.05) is 20.2 Å². The van der Waals surface area contributed by atoms with Gasteiger partial charge in [0.25, 0.3) is 0 Å². The Labute approximate surface area is 114 Å². The molecule has 0 aliphatic heterocycles. The highest BCUT2D eigenvalue weighted by Crippen LogP contribution is 2.19. The summed E-state index contributed by atoms with van der Waals surface area (Å²) < 4.78 is 5.47. The average molecular weight is 262 g/mol. The van der Waals surface area contributed by atoms with Crippen LogP contribution in [0.1, 0.15) is 25.3 Å². The first kappa shape index (κ1) is 14.0. The molecule has 0 bridgehead atoms. The number of aromatic nitrogens is 1. The van der Waals surface area contributed by atoms with Crippen molar-refractivity contribution in [3.05, 3.63) is 29.7 Å². The summed E-state index contributed by atoms with van der Waals surface area (Å²) in [7, 11) is 2.07. The molecule has 2 aromatic rings. The second-order valence-corrected chi connectivity index (χ2v) is 6.03. The Kier molecular flexibility index (Phi) is 3.92. The molecular formula is C15H22N2O2. The molecule has 1 N–H and O–H groups in total. The van der Waals surface area contributed by atoms with Crippen molar-refractivity contribution < 1.29 is 9.52 Å². The molecule has 0 fully saturated rings. The van der Waals surface area contributed by atoms with Crippen LogP contribution < -0.4 is 0 Å². The van der Waals surface area contributed by atoms with Crippen LogP contribution >= 0.6 is 0 Å². The Hall–Kier alpha value is -1.39. The van der Waals surface area contributed by atoms with Crippen molar-refractivity contribution in [3.8, 4) is 0 Å². The van der Waals surface area contributed by atoms with Gasteiger partial charge < -0.3 is 14.4 Å². The van der Waals surface area contributed by atoms with Crippen LogP contribution in [0.5, 0.6) is 0 Å². The molecule has 0 aliphatic carbocycles. The molecule has 1 aromatic carbocycles. The number of nitrogens with zero attached hydrogens (tertiary/aromatic N) is 2. The molecule has 1 aromatic heterocycles. The SMILES string of the molecule is Cc1nc2cc(CN(C)CC(C)(C)CO)ccc2o1. The highest BCUT2D eigenvalue weighted by Gasteiger charge is 2.19. The fourth-order valence-electron chi connectivity index (χ4n) is 2.33. The number of oxazole rings is 1. The van der Waals surface area contributed by atoms with Crippen molar-refractivity contribution in [2.45, 2.75) is 27.3 Å². The van der Waals surface area contributed by atoms with Crippen LogP contribution in [0.2, 0.25) is 0 Å². The predicted octanol–water partition coefficient (Wildman–Crippen LogP) is 2.59. The molecule has 0 spiro atoms. The molecular weight excluding hydrogens is 240 g/mol. The van der Waals surface area contributed by atoms with Crippen LogP contribution in [0.15, 0.2) is 22.6 Å². The van der Waals surface area contributed by atoms with E-state index < -0.39 is 0 Å². The number of aliphatic hydroxyl groups excluding tert-OH is 1. The Bertz CT molecular complexity index is 560. The van der Waals surface area contributed by atoms with Gasteiger partial charge in [0.2, 0.25) is 0 Å². The van der Waals surface area contributed by atoms with Gasteiger partial charge in [0.05, 0.1) is 0 Å². The van der Waals surface area contributed by atoms with Crippen LogP contribution in [0.4, 0.5) is 0 Å². The molecule has 4 nitrogen and oxygen atoms in total. The normalized spacial score (nSPS) is 12.5. The predicted molar refractivity (Wildman–Crippen MR) is 75.9 cm³/mol. The minimum atomic E-state index is -0.0800. The van der Waals surface area contributed by atoms with E-state index in [2.05, 4.69) is 42.9 Å². The van der Waals surface area contributed by atoms with Gasteiger partial charge in [0.1, 0.15) is 5.52 Å². The van der Waals surface area contributed by atoms with Gasteiger partial charge in [-0.2, -0.15) is 0 Å². The lowest BCUT2D eigenvalue weighted by atomic mass is 9.94. The minimum Gasteiger partial charge on any atom is -0.441 e. The van der Waals surface area contributed by atoms with E-state index in [4.69, 9.17) is 4.42 Å². The summed E-state index contributed by atoms with van der Waals surface area (Å²) in [6, 6.07) is 6.10. The first-order valence-electron chi connectivity index (χ1n) is 6.55. The summed E-state index contributed by atoms with van der Waals surface area (Å²) in [5.74, 6) is 0.696. The fraction of sp³-hybridized carbons (Fsp3) is 0.533. The van der Waals surface area contributed by atoms with Crippen LogP contribution in [0.3, 0.4) is 0 Å². The van der Waals surface area contributed by atoms with E-state index in [0.717, 1.165) is 24.2 Å². The number of fused-ring (bicyclic) bond motifs is 1. The summed E-state index contributed by atoms with van der Waals surface area (Å²) in [6.45, 7) is 7.86. The quantitative estimate of drug-likeness (QED) is 0.899. The van der Waals surface area contributed by atoms with E-state index >= 15 is 0 Å². The van der Waals surface area contributed by atoms with E-state index in [9.17, 15) is 5.11 Å². The largest absolute Gasteiger partial charge is 0.441 e. The standard InChI is InChI=1S/C15H22N2O2/c1-11-16-13-7-12(5-6-14(13)19-11)8-17(4)9-15(2,3)10-18/h5-7,18H,8-10H2,1-4H3. The zero-order valence-corrected chi connectivity index (χ0v) is 12.1. The van der Waals surface area contributed by atoms with Gasteiger partial charge in [0.15, 0.2) is 11.5 Å². The molecule has 0 radical (unpaired) electrons. The van der Waals surface area contributed by atoms with Crippen molar-refractivity contribution in [2.24, 2.45) is 5.41 Å². The number of hydrogen-bond donors (Lipinski definition) is 1. The lowest BCUT2D eigenvalue weighted by molar-refractivity contribution is 0.112. The highest BCUT2D eigenvalue weighted by molar-refractivity contribution is 5.73. The van der Waals surface area contributed by atoms with Crippen LogP contribution in [-0.2, 0) is 6.54 Å². The van der Waals surface area contributed by atoms with E-state index in [1.807, 2.05) is 13.0 Å². The van der Waals surface area contributed by atoms with Gasteiger partial charge in [-0.15, -0.1) is 0 Å². The number of hydrogen-bond acceptors (Lipinski definition) is 4. The Morgan fingerprint density at radius 3 is 2.79 bits per heavy atom. The fourth-order valence-corrected chi connectivity index (χ4v) is 2.33. The molecule has 0 aliphatic rings. The van der Waals surface area contributed by atoms with E-state index in [1.54, 1.807) is 0 Å². The molecule has 104 valence electrons. The first-order valence-corrected chi connectivity index (χ1v) is 6.55. The van der Waals surface area contributed by atoms with Gasteiger partial charge in [-0.1, -0.05) is 19.9 Å². The topological polar surface area (TPSA) is 49.5 Å². The summed E-state index contributed by atoms with van der Waals surface area (Å²) >= 11 is 0.